The van der Waals surface area contributed by atoms with Crippen molar-refractivity contribution in [1.29, 1.82) is 0 Å². The van der Waals surface area contributed by atoms with Gasteiger partial charge in [-0.3, -0.25) is 4.79 Å². The first-order valence-electron chi connectivity index (χ1n) is 7.48. The summed E-state index contributed by atoms with van der Waals surface area (Å²) in [5, 5.41) is 2.90. The lowest BCUT2D eigenvalue weighted by Gasteiger charge is -2.12. The molecule has 2 aromatic carbocycles. The van der Waals surface area contributed by atoms with Crippen molar-refractivity contribution in [2.24, 2.45) is 0 Å². The normalized spacial score (nSPS) is 10.2. The molecule has 0 atom stereocenters. The third-order valence-corrected chi connectivity index (χ3v) is 3.95. The Bertz CT molecular complexity index is 673. The first-order chi connectivity index (χ1) is 11.2. The molecule has 2 aromatic rings. The number of methoxy groups -OCH3 is 1. The smallest absolute Gasteiger partial charge is 0.252 e. The highest BCUT2D eigenvalue weighted by Gasteiger charge is 2.10. The molecule has 0 radical (unpaired) electrons. The van der Waals surface area contributed by atoms with E-state index in [0.29, 0.717) is 24.5 Å². The van der Waals surface area contributed by atoms with E-state index < -0.39 is 0 Å². The first-order valence-corrected chi connectivity index (χ1v) is 8.27. The molecule has 0 saturated carbocycles. The van der Waals surface area contributed by atoms with Crippen molar-refractivity contribution in [2.75, 3.05) is 13.7 Å². The maximum absolute atomic E-state index is 12.2. The van der Waals surface area contributed by atoms with Crippen LogP contribution in [0.5, 0.6) is 11.5 Å². The van der Waals surface area contributed by atoms with Crippen molar-refractivity contribution in [3.05, 3.63) is 58.1 Å². The molecule has 0 saturated heterocycles. The van der Waals surface area contributed by atoms with Crippen molar-refractivity contribution < 1.29 is 14.3 Å². The van der Waals surface area contributed by atoms with Gasteiger partial charge in [0, 0.05) is 11.0 Å². The third kappa shape index (κ3) is 4.73. The summed E-state index contributed by atoms with van der Waals surface area (Å²) in [5.41, 5.74) is 1.56. The van der Waals surface area contributed by atoms with Gasteiger partial charge in [-0.1, -0.05) is 25.1 Å². The number of carbonyl (C=O) groups is 1. The van der Waals surface area contributed by atoms with Crippen LogP contribution in [0, 0.1) is 0 Å². The zero-order chi connectivity index (χ0) is 16.7. The number of amides is 1. The summed E-state index contributed by atoms with van der Waals surface area (Å²) < 4.78 is 11.7. The summed E-state index contributed by atoms with van der Waals surface area (Å²) in [4.78, 5) is 12.2. The molecule has 0 heterocycles. The predicted octanol–water partition coefficient (Wildman–Crippen LogP) is 4.18. The maximum Gasteiger partial charge on any atom is 0.252 e. The van der Waals surface area contributed by atoms with Crippen LogP contribution in [0.25, 0.3) is 0 Å². The Morgan fingerprint density at radius 3 is 2.65 bits per heavy atom. The Balaban J connectivity index is 2.03. The summed E-state index contributed by atoms with van der Waals surface area (Å²) in [5.74, 6) is 1.27. The average Bonchev–Trinajstić information content (AvgIpc) is 2.58. The van der Waals surface area contributed by atoms with Crippen LogP contribution >= 0.6 is 15.9 Å². The largest absolute Gasteiger partial charge is 0.493 e. The van der Waals surface area contributed by atoms with Gasteiger partial charge >= 0.3 is 0 Å². The number of rotatable bonds is 7. The van der Waals surface area contributed by atoms with Crippen molar-refractivity contribution in [1.82, 2.24) is 5.32 Å². The van der Waals surface area contributed by atoms with E-state index in [1.807, 2.05) is 36.4 Å². The van der Waals surface area contributed by atoms with E-state index in [0.717, 1.165) is 22.2 Å². The molecule has 1 amide bonds. The SMILES string of the molecule is CCCOc1ccc(CNC(=O)c2ccccc2Br)cc1OC. The number of nitrogens with one attached hydrogen (secondary N) is 1. The molecular formula is C18H20BrNO3. The highest BCUT2D eigenvalue weighted by atomic mass is 79.9. The lowest BCUT2D eigenvalue weighted by molar-refractivity contribution is 0.0950. The molecule has 0 fully saturated rings. The molecule has 0 bridgehead atoms. The molecular weight excluding hydrogens is 358 g/mol. The fourth-order valence-electron chi connectivity index (χ4n) is 2.08. The Morgan fingerprint density at radius 2 is 1.96 bits per heavy atom. The minimum atomic E-state index is -0.122. The number of halogens is 1. The Kier molecular flexibility index (Phi) is 6.47. The van der Waals surface area contributed by atoms with E-state index in [-0.39, 0.29) is 5.91 Å². The number of hydrogen-bond acceptors (Lipinski definition) is 3. The van der Waals surface area contributed by atoms with E-state index in [1.165, 1.54) is 0 Å². The van der Waals surface area contributed by atoms with Gasteiger partial charge < -0.3 is 14.8 Å². The molecule has 0 aliphatic rings. The summed E-state index contributed by atoms with van der Waals surface area (Å²) in [7, 11) is 1.61. The van der Waals surface area contributed by atoms with E-state index in [4.69, 9.17) is 9.47 Å². The van der Waals surface area contributed by atoms with Crippen molar-refractivity contribution in [2.45, 2.75) is 19.9 Å². The first kappa shape index (κ1) is 17.3. The van der Waals surface area contributed by atoms with Gasteiger partial charge in [0.05, 0.1) is 19.3 Å². The van der Waals surface area contributed by atoms with Crippen molar-refractivity contribution >= 4 is 21.8 Å². The molecule has 23 heavy (non-hydrogen) atoms. The quantitative estimate of drug-likeness (QED) is 0.787. The monoisotopic (exact) mass is 377 g/mol. The second kappa shape index (κ2) is 8.58. The molecule has 5 heteroatoms. The second-order valence-electron chi connectivity index (χ2n) is 5.00. The number of benzene rings is 2. The van der Waals surface area contributed by atoms with Gasteiger partial charge in [-0.2, -0.15) is 0 Å². The van der Waals surface area contributed by atoms with Crippen LogP contribution in [0.2, 0.25) is 0 Å². The molecule has 0 aromatic heterocycles. The third-order valence-electron chi connectivity index (χ3n) is 3.26. The molecule has 0 aliphatic heterocycles. The standard InChI is InChI=1S/C18H20BrNO3/c1-3-10-23-16-9-8-13(11-17(16)22-2)12-20-18(21)14-6-4-5-7-15(14)19/h4-9,11H,3,10,12H2,1-2H3,(H,20,21). The summed E-state index contributed by atoms with van der Waals surface area (Å²) in [6.45, 7) is 3.12. The average molecular weight is 378 g/mol. The predicted molar refractivity (Wildman–Crippen MR) is 94.1 cm³/mol. The summed E-state index contributed by atoms with van der Waals surface area (Å²) >= 11 is 3.38. The van der Waals surface area contributed by atoms with Gasteiger partial charge in [-0.05, 0) is 52.2 Å². The van der Waals surface area contributed by atoms with Gasteiger partial charge in [-0.25, -0.2) is 0 Å². The van der Waals surface area contributed by atoms with Gasteiger partial charge in [0.25, 0.3) is 5.91 Å². The number of ether oxygens (including phenoxy) is 2. The Hall–Kier alpha value is -2.01. The van der Waals surface area contributed by atoms with Crippen molar-refractivity contribution in [3.63, 3.8) is 0 Å². The number of hydrogen-bond donors (Lipinski definition) is 1. The second-order valence-corrected chi connectivity index (χ2v) is 5.85. The molecule has 0 aliphatic carbocycles. The van der Waals surface area contributed by atoms with E-state index in [2.05, 4.69) is 28.2 Å². The van der Waals surface area contributed by atoms with Crippen LogP contribution in [0.4, 0.5) is 0 Å². The molecule has 2 rings (SSSR count). The lowest BCUT2D eigenvalue weighted by atomic mass is 10.1. The minimum Gasteiger partial charge on any atom is -0.493 e. The highest BCUT2D eigenvalue weighted by molar-refractivity contribution is 9.10. The van der Waals surface area contributed by atoms with E-state index in [1.54, 1.807) is 13.2 Å². The van der Waals surface area contributed by atoms with E-state index in [9.17, 15) is 4.79 Å². The molecule has 1 N–H and O–H groups in total. The zero-order valence-corrected chi connectivity index (χ0v) is 14.9. The van der Waals surface area contributed by atoms with E-state index >= 15 is 0 Å². The lowest BCUT2D eigenvalue weighted by Crippen LogP contribution is -2.23. The fourth-order valence-corrected chi connectivity index (χ4v) is 2.54. The topological polar surface area (TPSA) is 47.6 Å². The molecule has 0 spiro atoms. The van der Waals surface area contributed by atoms with Gasteiger partial charge in [0.1, 0.15) is 0 Å². The van der Waals surface area contributed by atoms with Crippen LogP contribution in [0.15, 0.2) is 46.9 Å². The van der Waals surface area contributed by atoms with Gasteiger partial charge in [-0.15, -0.1) is 0 Å². The summed E-state index contributed by atoms with van der Waals surface area (Å²) in [6.07, 6.45) is 0.937. The van der Waals surface area contributed by atoms with Gasteiger partial charge in [0.2, 0.25) is 0 Å². The van der Waals surface area contributed by atoms with Crippen molar-refractivity contribution in [3.8, 4) is 11.5 Å². The van der Waals surface area contributed by atoms with Crippen LogP contribution in [0.3, 0.4) is 0 Å². The minimum absolute atomic E-state index is 0.122. The van der Waals surface area contributed by atoms with Crippen LogP contribution in [-0.2, 0) is 6.54 Å². The zero-order valence-electron chi connectivity index (χ0n) is 13.3. The van der Waals surface area contributed by atoms with Crippen LogP contribution in [0.1, 0.15) is 29.3 Å². The van der Waals surface area contributed by atoms with Crippen LogP contribution < -0.4 is 14.8 Å². The molecule has 4 nitrogen and oxygen atoms in total. The number of carbonyl (C=O) groups excluding carboxylic acids is 1. The maximum atomic E-state index is 12.2. The molecule has 122 valence electrons. The fraction of sp³-hybridized carbons (Fsp3) is 0.278. The highest BCUT2D eigenvalue weighted by Crippen LogP contribution is 2.28. The Morgan fingerprint density at radius 1 is 1.17 bits per heavy atom. The summed E-state index contributed by atoms with van der Waals surface area (Å²) in [6, 6.07) is 13.0. The Labute approximate surface area is 144 Å². The van der Waals surface area contributed by atoms with Gasteiger partial charge in [0.15, 0.2) is 11.5 Å². The molecule has 0 unspecified atom stereocenters. The van der Waals surface area contributed by atoms with Crippen LogP contribution in [-0.4, -0.2) is 19.6 Å².